The third kappa shape index (κ3) is 5.61. The molecule has 11 nitrogen and oxygen atoms in total. The Balaban J connectivity index is 1.37. The van der Waals surface area contributed by atoms with Crippen LogP contribution < -0.4 is 4.90 Å². The smallest absolute Gasteiger partial charge is 0.418 e. The summed E-state index contributed by atoms with van der Waals surface area (Å²) in [5, 5.41) is 1.97. The number of ether oxygens (including phenoxy) is 2. The van der Waals surface area contributed by atoms with E-state index in [9.17, 15) is 9.35 Å². The van der Waals surface area contributed by atoms with Crippen LogP contribution in [0.25, 0.3) is 44.5 Å². The van der Waals surface area contributed by atoms with Crippen LogP contribution >= 0.6 is 11.6 Å². The summed E-state index contributed by atoms with van der Waals surface area (Å²) in [4.78, 5) is 32.2. The van der Waals surface area contributed by atoms with Crippen molar-refractivity contribution in [2.24, 2.45) is 0 Å². The van der Waals surface area contributed by atoms with E-state index in [-0.39, 0.29) is 0 Å². The standard InChI is InChI=1S/C31H33ClN6O5S/c1-31(2,3)43-30(39)38-7-6-20-23(38)5-4-22(32)24(20)27-34-25-21-16-19(18-36-10-14-44(40)15-11-36)17-33-29(21)42-26(25)28(35-27)37-8-12-41-13-9-37/h4-7,16-17H,8-15,18H2,1-3H3. The lowest BCUT2D eigenvalue weighted by Gasteiger charge is -2.28. The van der Waals surface area contributed by atoms with Crippen molar-refractivity contribution >= 4 is 67.8 Å². The normalized spacial score (nSPS) is 17.2. The first-order valence-corrected chi connectivity index (χ1v) is 16.5. The molecule has 0 bridgehead atoms. The van der Waals surface area contributed by atoms with Crippen molar-refractivity contribution in [1.29, 1.82) is 0 Å². The molecule has 2 aliphatic heterocycles. The molecule has 1 aromatic carbocycles. The van der Waals surface area contributed by atoms with E-state index < -0.39 is 22.9 Å². The maximum Gasteiger partial charge on any atom is 0.418 e. The van der Waals surface area contributed by atoms with Gasteiger partial charge in [0.1, 0.15) is 22.6 Å². The number of fused-ring (bicyclic) bond motifs is 4. The van der Waals surface area contributed by atoms with Gasteiger partial charge in [-0.2, -0.15) is 0 Å². The van der Waals surface area contributed by atoms with E-state index in [0.29, 0.717) is 88.9 Å². The van der Waals surface area contributed by atoms with Gasteiger partial charge >= 0.3 is 6.09 Å². The van der Waals surface area contributed by atoms with Crippen LogP contribution in [0, 0.1) is 0 Å². The second-order valence-electron chi connectivity index (χ2n) is 12.1. The van der Waals surface area contributed by atoms with Gasteiger partial charge in [-0.25, -0.2) is 19.7 Å². The van der Waals surface area contributed by atoms with Crippen LogP contribution in [0.5, 0.6) is 0 Å². The molecule has 0 aliphatic carbocycles. The summed E-state index contributed by atoms with van der Waals surface area (Å²) < 4.78 is 30.9. The number of aromatic nitrogens is 4. The van der Waals surface area contributed by atoms with Gasteiger partial charge in [0.25, 0.3) is 0 Å². The molecule has 230 valence electrons. The number of hydrogen-bond acceptors (Lipinski definition) is 10. The molecule has 4 aromatic heterocycles. The fourth-order valence-electron chi connectivity index (χ4n) is 5.73. The van der Waals surface area contributed by atoms with Gasteiger partial charge in [0.2, 0.25) is 5.71 Å². The number of hydrogen-bond donors (Lipinski definition) is 0. The summed E-state index contributed by atoms with van der Waals surface area (Å²) in [5.41, 5.74) is 3.30. The molecule has 2 fully saturated rings. The average Bonchev–Trinajstić information content (AvgIpc) is 3.59. The van der Waals surface area contributed by atoms with Gasteiger partial charge in [0.05, 0.1) is 29.1 Å². The number of pyridine rings is 1. The van der Waals surface area contributed by atoms with Gasteiger partial charge in [-0.15, -0.1) is 0 Å². The molecule has 6 heterocycles. The van der Waals surface area contributed by atoms with Crippen LogP contribution in [-0.2, 0) is 27.2 Å². The molecule has 0 atom stereocenters. The van der Waals surface area contributed by atoms with Gasteiger partial charge in [-0.1, -0.05) is 22.8 Å². The van der Waals surface area contributed by atoms with E-state index in [1.165, 1.54) is 4.57 Å². The Morgan fingerprint density at radius 3 is 2.61 bits per heavy atom. The van der Waals surface area contributed by atoms with E-state index in [1.54, 1.807) is 18.3 Å². The molecule has 0 saturated carbocycles. The Bertz CT molecular complexity index is 1870. The minimum absolute atomic E-state index is 0.420. The quantitative estimate of drug-likeness (QED) is 0.242. The predicted molar refractivity (Wildman–Crippen MR) is 171 cm³/mol. The second-order valence-corrected chi connectivity index (χ2v) is 14.2. The van der Waals surface area contributed by atoms with Crippen molar-refractivity contribution in [1.82, 2.24) is 24.4 Å². The first-order valence-electron chi connectivity index (χ1n) is 14.7. The van der Waals surface area contributed by atoms with Gasteiger partial charge in [0.15, 0.2) is 17.2 Å². The molecular weight excluding hydrogens is 604 g/mol. The Labute approximate surface area is 262 Å². The number of nitrogens with zero attached hydrogens (tertiary/aromatic N) is 6. The molecule has 0 amide bonds. The van der Waals surface area contributed by atoms with Crippen molar-refractivity contribution < 1.29 is 23.2 Å². The van der Waals surface area contributed by atoms with Crippen LogP contribution in [0.1, 0.15) is 26.3 Å². The fourth-order valence-corrected chi connectivity index (χ4v) is 7.10. The number of anilines is 1. The zero-order valence-corrected chi connectivity index (χ0v) is 26.4. The molecule has 44 heavy (non-hydrogen) atoms. The zero-order chi connectivity index (χ0) is 30.6. The number of halogens is 1. The predicted octanol–water partition coefficient (Wildman–Crippen LogP) is 5.23. The average molecular weight is 637 g/mol. The topological polar surface area (TPSA) is 122 Å². The SMILES string of the molecule is CC(C)(C)OC(=O)n1ccc2c(-c3nc(N4CCOCC4)c4oc5ncc(CN6CC[S+]([O-])CC6)cc5c4n3)c(Cl)ccc21. The summed E-state index contributed by atoms with van der Waals surface area (Å²) >= 11 is 6.12. The molecule has 0 spiro atoms. The summed E-state index contributed by atoms with van der Waals surface area (Å²) in [6, 6.07) is 7.45. The van der Waals surface area contributed by atoms with E-state index >= 15 is 0 Å². The first-order chi connectivity index (χ1) is 21.1. The number of rotatable bonds is 4. The zero-order valence-electron chi connectivity index (χ0n) is 24.8. The number of carbonyl (C=O) groups is 1. The van der Waals surface area contributed by atoms with Gasteiger partial charge < -0.3 is 23.3 Å². The fraction of sp³-hybridized carbons (Fsp3) is 0.419. The van der Waals surface area contributed by atoms with Crippen LogP contribution in [0.2, 0.25) is 5.02 Å². The Morgan fingerprint density at radius 1 is 1.09 bits per heavy atom. The number of carbonyl (C=O) groups excluding carboxylic acids is 1. The second kappa shape index (κ2) is 11.5. The van der Waals surface area contributed by atoms with Crippen molar-refractivity contribution in [2.75, 3.05) is 55.8 Å². The maximum atomic E-state index is 13.0. The third-order valence-corrected chi connectivity index (χ3v) is 9.42. The molecule has 13 heteroatoms. The van der Waals surface area contributed by atoms with Crippen LogP contribution in [-0.4, -0.2) is 91.6 Å². The molecule has 0 N–H and O–H groups in total. The summed E-state index contributed by atoms with van der Waals surface area (Å²) in [6.07, 6.45) is 3.03. The summed E-state index contributed by atoms with van der Waals surface area (Å²) in [7, 11) is 0. The van der Waals surface area contributed by atoms with E-state index in [2.05, 4.69) is 20.9 Å². The monoisotopic (exact) mass is 636 g/mol. The highest BCUT2D eigenvalue weighted by molar-refractivity contribution is 7.91. The van der Waals surface area contributed by atoms with Crippen molar-refractivity contribution in [2.45, 2.75) is 32.9 Å². The van der Waals surface area contributed by atoms with Crippen molar-refractivity contribution in [3.8, 4) is 11.4 Å². The van der Waals surface area contributed by atoms with Crippen LogP contribution in [0.15, 0.2) is 41.1 Å². The van der Waals surface area contributed by atoms with Crippen molar-refractivity contribution in [3.05, 3.63) is 47.2 Å². The molecule has 5 aromatic rings. The molecule has 2 aliphatic rings. The lowest BCUT2D eigenvalue weighted by molar-refractivity contribution is 0.0544. The van der Waals surface area contributed by atoms with Crippen molar-refractivity contribution in [3.63, 3.8) is 0 Å². The number of furan rings is 1. The molecule has 0 radical (unpaired) electrons. The molecule has 0 unspecified atom stereocenters. The van der Waals surface area contributed by atoms with Gasteiger partial charge in [-0.05, 0) is 50.6 Å². The maximum absolute atomic E-state index is 13.0. The third-order valence-electron chi connectivity index (χ3n) is 7.83. The lowest BCUT2D eigenvalue weighted by Crippen LogP contribution is -2.39. The molecule has 2 saturated heterocycles. The first kappa shape index (κ1) is 29.3. The number of benzene rings is 1. The Morgan fingerprint density at radius 2 is 1.86 bits per heavy atom. The molecule has 7 rings (SSSR count). The summed E-state index contributed by atoms with van der Waals surface area (Å²) in [6.45, 7) is 10.2. The minimum atomic E-state index is -0.739. The minimum Gasteiger partial charge on any atom is -0.616 e. The van der Waals surface area contributed by atoms with E-state index in [4.69, 9.17) is 35.5 Å². The lowest BCUT2D eigenvalue weighted by atomic mass is 10.1. The molecular formula is C31H33ClN6O5S. The van der Waals surface area contributed by atoms with Crippen LogP contribution in [0.3, 0.4) is 0 Å². The van der Waals surface area contributed by atoms with E-state index in [0.717, 1.165) is 29.4 Å². The largest absolute Gasteiger partial charge is 0.616 e. The highest BCUT2D eigenvalue weighted by Crippen LogP contribution is 2.39. The Hall–Kier alpha value is -3.42. The highest BCUT2D eigenvalue weighted by Gasteiger charge is 2.27. The van der Waals surface area contributed by atoms with E-state index in [1.807, 2.05) is 33.0 Å². The highest BCUT2D eigenvalue weighted by atomic mass is 35.5. The summed E-state index contributed by atoms with van der Waals surface area (Å²) in [5.74, 6) is 2.44. The number of morpholine rings is 1. The van der Waals surface area contributed by atoms with Crippen LogP contribution in [0.4, 0.5) is 10.6 Å². The van der Waals surface area contributed by atoms with Gasteiger partial charge in [0, 0.05) is 56.1 Å². The Kier molecular flexibility index (Phi) is 7.66. The van der Waals surface area contributed by atoms with Gasteiger partial charge in [-0.3, -0.25) is 9.47 Å².